The Labute approximate surface area is 101 Å². The normalized spacial score (nSPS) is 15.9. The van der Waals surface area contributed by atoms with Crippen molar-refractivity contribution in [3.63, 3.8) is 0 Å². The molecule has 1 aromatic carbocycles. The van der Waals surface area contributed by atoms with Gasteiger partial charge in [0.1, 0.15) is 17.3 Å². The highest BCUT2D eigenvalue weighted by Crippen LogP contribution is 2.33. The van der Waals surface area contributed by atoms with Crippen molar-refractivity contribution in [3.05, 3.63) is 18.2 Å². The summed E-state index contributed by atoms with van der Waals surface area (Å²) in [5.41, 5.74) is 0.999. The Balaban J connectivity index is 2.25. The van der Waals surface area contributed by atoms with Crippen LogP contribution >= 0.6 is 0 Å². The summed E-state index contributed by atoms with van der Waals surface area (Å²) in [6, 6.07) is 5.72. The van der Waals surface area contributed by atoms with Gasteiger partial charge in [0.25, 0.3) is 0 Å². The van der Waals surface area contributed by atoms with E-state index in [-0.39, 0.29) is 0 Å². The zero-order chi connectivity index (χ0) is 12.3. The number of nitrogens with zero attached hydrogens (tertiary/aromatic N) is 1. The highest BCUT2D eigenvalue weighted by molar-refractivity contribution is 5.81. The molecule has 1 saturated heterocycles. The maximum absolute atomic E-state index is 11.2. The molecule has 0 amide bonds. The molecule has 1 aliphatic rings. The highest BCUT2D eigenvalue weighted by atomic mass is 16.5. The number of ether oxygens (including phenoxy) is 2. The van der Waals surface area contributed by atoms with Crippen LogP contribution in [0.25, 0.3) is 0 Å². The average Bonchev–Trinajstić information content (AvgIpc) is 2.39. The fourth-order valence-electron chi connectivity index (χ4n) is 2.04. The van der Waals surface area contributed by atoms with Gasteiger partial charge in [-0.25, -0.2) is 0 Å². The smallest absolute Gasteiger partial charge is 0.142 e. The van der Waals surface area contributed by atoms with Crippen LogP contribution in [0.5, 0.6) is 11.5 Å². The van der Waals surface area contributed by atoms with E-state index >= 15 is 0 Å². The fourth-order valence-corrected chi connectivity index (χ4v) is 2.04. The van der Waals surface area contributed by atoms with Crippen molar-refractivity contribution in [1.82, 2.24) is 0 Å². The number of ketones is 1. The number of Topliss-reactive ketones (excluding diaryl/α,β-unsaturated/α-hetero) is 1. The van der Waals surface area contributed by atoms with Crippen LogP contribution in [0.3, 0.4) is 0 Å². The topological polar surface area (TPSA) is 38.8 Å². The quantitative estimate of drug-likeness (QED) is 0.801. The van der Waals surface area contributed by atoms with E-state index in [1.54, 1.807) is 14.2 Å². The first-order valence-corrected chi connectivity index (χ1v) is 5.73. The van der Waals surface area contributed by atoms with Gasteiger partial charge in [-0.15, -0.1) is 0 Å². The standard InChI is InChI=1S/C13H17NO3/c1-16-11-3-4-13(17-2)12(9-11)14-7-5-10(15)6-8-14/h3-4,9H,5-8H2,1-2H3. The van der Waals surface area contributed by atoms with Crippen LogP contribution in [-0.2, 0) is 4.79 Å². The van der Waals surface area contributed by atoms with Crippen LogP contribution in [0, 0.1) is 0 Å². The molecule has 1 heterocycles. The molecule has 1 fully saturated rings. The third-order valence-electron chi connectivity index (χ3n) is 3.05. The lowest BCUT2D eigenvalue weighted by Crippen LogP contribution is -2.33. The summed E-state index contributed by atoms with van der Waals surface area (Å²) in [6.07, 6.45) is 1.22. The SMILES string of the molecule is COc1ccc(OC)c(N2CCC(=O)CC2)c1. The maximum atomic E-state index is 11.2. The fraction of sp³-hybridized carbons (Fsp3) is 0.462. The third-order valence-corrected chi connectivity index (χ3v) is 3.05. The van der Waals surface area contributed by atoms with Crippen molar-refractivity contribution >= 4 is 11.5 Å². The molecule has 2 rings (SSSR count). The Hall–Kier alpha value is -1.71. The minimum atomic E-state index is 0.336. The van der Waals surface area contributed by atoms with Gasteiger partial charge in [-0.1, -0.05) is 0 Å². The molecule has 0 spiro atoms. The number of anilines is 1. The average molecular weight is 235 g/mol. The van der Waals surface area contributed by atoms with Crippen LogP contribution in [0.1, 0.15) is 12.8 Å². The molecule has 0 bridgehead atoms. The number of benzene rings is 1. The minimum Gasteiger partial charge on any atom is -0.497 e. The summed E-state index contributed by atoms with van der Waals surface area (Å²) in [5.74, 6) is 1.96. The lowest BCUT2D eigenvalue weighted by molar-refractivity contribution is -0.119. The number of carbonyl (C=O) groups excluding carboxylic acids is 1. The molecule has 4 nitrogen and oxygen atoms in total. The summed E-state index contributed by atoms with van der Waals surface area (Å²) >= 11 is 0. The second-order valence-corrected chi connectivity index (χ2v) is 4.06. The highest BCUT2D eigenvalue weighted by Gasteiger charge is 2.19. The molecule has 0 N–H and O–H groups in total. The zero-order valence-electron chi connectivity index (χ0n) is 10.2. The second kappa shape index (κ2) is 5.08. The van der Waals surface area contributed by atoms with E-state index in [0.29, 0.717) is 18.6 Å². The Morgan fingerprint density at radius 3 is 2.41 bits per heavy atom. The van der Waals surface area contributed by atoms with Gasteiger partial charge in [-0.3, -0.25) is 4.79 Å². The van der Waals surface area contributed by atoms with Gasteiger partial charge in [0.15, 0.2) is 0 Å². The van der Waals surface area contributed by atoms with Crippen molar-refractivity contribution in [3.8, 4) is 11.5 Å². The first-order chi connectivity index (χ1) is 8.24. The lowest BCUT2D eigenvalue weighted by atomic mass is 10.1. The summed E-state index contributed by atoms with van der Waals surface area (Å²) in [5, 5.41) is 0. The molecule has 0 aromatic heterocycles. The molecule has 17 heavy (non-hydrogen) atoms. The Morgan fingerprint density at radius 1 is 1.12 bits per heavy atom. The monoisotopic (exact) mass is 235 g/mol. The minimum absolute atomic E-state index is 0.336. The number of methoxy groups -OCH3 is 2. The van der Waals surface area contributed by atoms with Gasteiger partial charge in [-0.05, 0) is 12.1 Å². The molecule has 0 aliphatic carbocycles. The van der Waals surface area contributed by atoms with E-state index < -0.39 is 0 Å². The molecule has 0 saturated carbocycles. The molecule has 0 atom stereocenters. The molecule has 4 heteroatoms. The molecule has 0 unspecified atom stereocenters. The largest absolute Gasteiger partial charge is 0.497 e. The predicted octanol–water partition coefficient (Wildman–Crippen LogP) is 1.87. The number of hydrogen-bond donors (Lipinski definition) is 0. The summed E-state index contributed by atoms with van der Waals surface area (Å²) < 4.78 is 10.6. The van der Waals surface area contributed by atoms with Crippen molar-refractivity contribution in [2.24, 2.45) is 0 Å². The molecule has 0 radical (unpaired) electrons. The van der Waals surface area contributed by atoms with E-state index in [2.05, 4.69) is 4.90 Å². The first-order valence-electron chi connectivity index (χ1n) is 5.73. The first kappa shape index (κ1) is 11.8. The molecule has 1 aromatic rings. The van der Waals surface area contributed by atoms with Crippen molar-refractivity contribution in [2.75, 3.05) is 32.2 Å². The number of rotatable bonds is 3. The van der Waals surface area contributed by atoms with Gasteiger partial charge in [-0.2, -0.15) is 0 Å². The summed E-state index contributed by atoms with van der Waals surface area (Å²) in [7, 11) is 3.30. The molecular weight excluding hydrogens is 218 g/mol. The van der Waals surface area contributed by atoms with Crippen molar-refractivity contribution < 1.29 is 14.3 Å². The van der Waals surface area contributed by atoms with E-state index in [1.165, 1.54) is 0 Å². The summed E-state index contributed by atoms with van der Waals surface area (Å²) in [6.45, 7) is 1.50. The van der Waals surface area contributed by atoms with E-state index in [9.17, 15) is 4.79 Å². The third kappa shape index (κ3) is 2.52. The van der Waals surface area contributed by atoms with Gasteiger partial charge < -0.3 is 14.4 Å². The van der Waals surface area contributed by atoms with Crippen LogP contribution in [-0.4, -0.2) is 33.1 Å². The van der Waals surface area contributed by atoms with Gasteiger partial charge in [0.2, 0.25) is 0 Å². The van der Waals surface area contributed by atoms with Gasteiger partial charge >= 0.3 is 0 Å². The van der Waals surface area contributed by atoms with E-state index in [1.807, 2.05) is 18.2 Å². The Morgan fingerprint density at radius 2 is 1.82 bits per heavy atom. The molecular formula is C13H17NO3. The molecule has 92 valence electrons. The van der Waals surface area contributed by atoms with Crippen molar-refractivity contribution in [2.45, 2.75) is 12.8 Å². The van der Waals surface area contributed by atoms with Gasteiger partial charge in [0.05, 0.1) is 19.9 Å². The van der Waals surface area contributed by atoms with Gasteiger partial charge in [0, 0.05) is 32.0 Å². The zero-order valence-corrected chi connectivity index (χ0v) is 10.2. The Kier molecular flexibility index (Phi) is 3.52. The van der Waals surface area contributed by atoms with Crippen LogP contribution in [0.2, 0.25) is 0 Å². The number of piperidine rings is 1. The van der Waals surface area contributed by atoms with E-state index in [0.717, 1.165) is 30.3 Å². The molecule has 1 aliphatic heterocycles. The van der Waals surface area contributed by atoms with Crippen LogP contribution in [0.15, 0.2) is 18.2 Å². The second-order valence-electron chi connectivity index (χ2n) is 4.06. The van der Waals surface area contributed by atoms with Crippen LogP contribution < -0.4 is 14.4 Å². The maximum Gasteiger partial charge on any atom is 0.142 e. The van der Waals surface area contributed by atoms with E-state index in [4.69, 9.17) is 9.47 Å². The summed E-state index contributed by atoms with van der Waals surface area (Å²) in [4.78, 5) is 13.4. The van der Waals surface area contributed by atoms with Crippen molar-refractivity contribution in [1.29, 1.82) is 0 Å². The Bertz CT molecular complexity index is 407. The number of hydrogen-bond acceptors (Lipinski definition) is 4. The lowest BCUT2D eigenvalue weighted by Gasteiger charge is -2.29. The number of carbonyl (C=O) groups is 1. The predicted molar refractivity (Wildman–Crippen MR) is 66.0 cm³/mol. The van der Waals surface area contributed by atoms with Crippen LogP contribution in [0.4, 0.5) is 5.69 Å².